The molecule has 2 unspecified atom stereocenters. The molecule has 5 heteroatoms. The lowest BCUT2D eigenvalue weighted by molar-refractivity contribution is -0.130. The average molecular weight is 265 g/mol. The molecule has 0 aliphatic carbocycles. The molecule has 4 nitrogen and oxygen atoms in total. The van der Waals surface area contributed by atoms with E-state index in [2.05, 4.69) is 5.32 Å². The highest BCUT2D eigenvalue weighted by Gasteiger charge is 2.36. The number of hydrogen-bond acceptors (Lipinski definition) is 3. The number of carbonyl (C=O) groups is 1. The second-order valence-electron chi connectivity index (χ2n) is 5.18. The van der Waals surface area contributed by atoms with E-state index in [0.717, 1.165) is 12.1 Å². The third-order valence-corrected chi connectivity index (χ3v) is 3.35. The van der Waals surface area contributed by atoms with Crippen LogP contribution in [-0.4, -0.2) is 48.9 Å². The monoisotopic (exact) mass is 265 g/mol. The van der Waals surface area contributed by atoms with E-state index in [0.29, 0.717) is 6.54 Å². The van der Waals surface area contributed by atoms with Crippen molar-refractivity contribution >= 4 is 5.91 Å². The lowest BCUT2D eigenvalue weighted by Gasteiger charge is -2.26. The predicted octanol–water partition coefficient (Wildman–Crippen LogP) is 1.21. The van der Waals surface area contributed by atoms with E-state index >= 15 is 0 Å². The van der Waals surface area contributed by atoms with Crippen LogP contribution >= 0.6 is 0 Å². The van der Waals surface area contributed by atoms with Gasteiger partial charge < -0.3 is 9.80 Å². The maximum Gasteiger partial charge on any atom is 0.241 e. The SMILES string of the molecule is CC1NC(c2ccc(F)cc2)N(CCN(C)C)C1=O. The standard InChI is InChI=1S/C14H20FN3O/c1-10-14(19)18(9-8-17(2)3)13(16-10)11-4-6-12(15)7-5-11/h4-7,10,13,16H,8-9H2,1-3H3. The normalized spacial score (nSPS) is 23.4. The number of halogens is 1. The Labute approximate surface area is 113 Å². The zero-order valence-corrected chi connectivity index (χ0v) is 11.6. The van der Waals surface area contributed by atoms with Crippen molar-refractivity contribution in [1.82, 2.24) is 15.1 Å². The van der Waals surface area contributed by atoms with Gasteiger partial charge in [-0.25, -0.2) is 4.39 Å². The number of likely N-dealkylation sites (N-methyl/N-ethyl adjacent to an activating group) is 1. The van der Waals surface area contributed by atoms with Crippen molar-refractivity contribution in [1.29, 1.82) is 0 Å². The van der Waals surface area contributed by atoms with Crippen LogP contribution in [0.2, 0.25) is 0 Å². The van der Waals surface area contributed by atoms with Gasteiger partial charge in [-0.05, 0) is 38.7 Å². The van der Waals surface area contributed by atoms with Crippen LogP contribution in [0.4, 0.5) is 4.39 Å². The summed E-state index contributed by atoms with van der Waals surface area (Å²) in [5.74, 6) is -0.169. The van der Waals surface area contributed by atoms with E-state index in [-0.39, 0.29) is 23.9 Å². The van der Waals surface area contributed by atoms with E-state index in [4.69, 9.17) is 0 Å². The Morgan fingerprint density at radius 3 is 2.53 bits per heavy atom. The van der Waals surface area contributed by atoms with Gasteiger partial charge in [0.2, 0.25) is 5.91 Å². The molecule has 1 aromatic rings. The molecule has 0 saturated carbocycles. The molecule has 1 aliphatic heterocycles. The van der Waals surface area contributed by atoms with Crippen molar-refractivity contribution in [3.8, 4) is 0 Å². The summed E-state index contributed by atoms with van der Waals surface area (Å²) >= 11 is 0. The van der Waals surface area contributed by atoms with Gasteiger partial charge in [-0.1, -0.05) is 12.1 Å². The molecule has 0 spiro atoms. The third kappa shape index (κ3) is 3.11. The average Bonchev–Trinajstić information content (AvgIpc) is 2.64. The summed E-state index contributed by atoms with van der Waals surface area (Å²) in [6.45, 7) is 3.32. The van der Waals surface area contributed by atoms with Gasteiger partial charge in [-0.2, -0.15) is 0 Å². The molecule has 2 atom stereocenters. The van der Waals surface area contributed by atoms with Crippen LogP contribution in [0.15, 0.2) is 24.3 Å². The first-order chi connectivity index (χ1) is 8.99. The number of benzene rings is 1. The van der Waals surface area contributed by atoms with Crippen molar-refractivity contribution in [2.75, 3.05) is 27.2 Å². The Kier molecular flexibility index (Phi) is 4.17. The number of amides is 1. The molecule has 2 rings (SSSR count). The number of carbonyl (C=O) groups excluding carboxylic acids is 1. The van der Waals surface area contributed by atoms with Crippen molar-refractivity contribution in [2.24, 2.45) is 0 Å². The zero-order valence-electron chi connectivity index (χ0n) is 11.6. The Balaban J connectivity index is 2.17. The molecule has 0 radical (unpaired) electrons. The first-order valence-electron chi connectivity index (χ1n) is 6.46. The molecule has 1 amide bonds. The molecule has 1 aromatic carbocycles. The minimum absolute atomic E-state index is 0.0937. The maximum atomic E-state index is 13.0. The van der Waals surface area contributed by atoms with E-state index < -0.39 is 0 Å². The Bertz CT molecular complexity index is 447. The first-order valence-corrected chi connectivity index (χ1v) is 6.46. The van der Waals surface area contributed by atoms with Crippen molar-refractivity contribution < 1.29 is 9.18 Å². The van der Waals surface area contributed by atoms with Gasteiger partial charge in [0.25, 0.3) is 0 Å². The van der Waals surface area contributed by atoms with Crippen LogP contribution in [-0.2, 0) is 4.79 Å². The molecule has 104 valence electrons. The molecule has 1 aliphatic rings. The van der Waals surface area contributed by atoms with Gasteiger partial charge in [0.15, 0.2) is 0 Å². The minimum atomic E-state index is -0.263. The highest BCUT2D eigenvalue weighted by Crippen LogP contribution is 2.25. The summed E-state index contributed by atoms with van der Waals surface area (Å²) in [5.41, 5.74) is 0.915. The summed E-state index contributed by atoms with van der Waals surface area (Å²) in [6, 6.07) is 6.10. The Hall–Kier alpha value is -1.46. The lowest BCUT2D eigenvalue weighted by atomic mass is 10.1. The smallest absolute Gasteiger partial charge is 0.241 e. The fourth-order valence-electron chi connectivity index (χ4n) is 2.24. The van der Waals surface area contributed by atoms with Gasteiger partial charge in [-0.15, -0.1) is 0 Å². The molecular weight excluding hydrogens is 245 g/mol. The van der Waals surface area contributed by atoms with Gasteiger partial charge in [-0.3, -0.25) is 10.1 Å². The van der Waals surface area contributed by atoms with Gasteiger partial charge in [0.05, 0.1) is 6.04 Å². The molecule has 1 fully saturated rings. The fraction of sp³-hybridized carbons (Fsp3) is 0.500. The van der Waals surface area contributed by atoms with Gasteiger partial charge in [0, 0.05) is 13.1 Å². The quantitative estimate of drug-likeness (QED) is 0.888. The molecule has 19 heavy (non-hydrogen) atoms. The van der Waals surface area contributed by atoms with Crippen LogP contribution in [0, 0.1) is 5.82 Å². The molecule has 1 saturated heterocycles. The second kappa shape index (κ2) is 5.67. The molecular formula is C14H20FN3O. The summed E-state index contributed by atoms with van der Waals surface area (Å²) in [4.78, 5) is 16.0. The highest BCUT2D eigenvalue weighted by atomic mass is 19.1. The number of rotatable bonds is 4. The van der Waals surface area contributed by atoms with Crippen LogP contribution in [0.3, 0.4) is 0 Å². The number of nitrogens with one attached hydrogen (secondary N) is 1. The third-order valence-electron chi connectivity index (χ3n) is 3.35. The molecule has 0 bridgehead atoms. The van der Waals surface area contributed by atoms with E-state index in [9.17, 15) is 9.18 Å². The van der Waals surface area contributed by atoms with Crippen LogP contribution in [0.5, 0.6) is 0 Å². The lowest BCUT2D eigenvalue weighted by Crippen LogP contribution is -2.36. The van der Waals surface area contributed by atoms with E-state index in [1.54, 1.807) is 12.1 Å². The summed E-state index contributed by atoms with van der Waals surface area (Å²) in [7, 11) is 3.95. The van der Waals surface area contributed by atoms with E-state index in [1.165, 1.54) is 12.1 Å². The van der Waals surface area contributed by atoms with Crippen LogP contribution < -0.4 is 5.32 Å². The van der Waals surface area contributed by atoms with Gasteiger partial charge >= 0.3 is 0 Å². The zero-order chi connectivity index (χ0) is 14.0. The van der Waals surface area contributed by atoms with E-state index in [1.807, 2.05) is 30.8 Å². The summed E-state index contributed by atoms with van der Waals surface area (Å²) < 4.78 is 13.0. The van der Waals surface area contributed by atoms with Crippen LogP contribution in [0.1, 0.15) is 18.7 Å². The topological polar surface area (TPSA) is 35.6 Å². The highest BCUT2D eigenvalue weighted by molar-refractivity contribution is 5.84. The Morgan fingerprint density at radius 1 is 1.32 bits per heavy atom. The summed E-state index contributed by atoms with van der Waals surface area (Å²) in [5, 5.41) is 3.25. The molecule has 1 heterocycles. The largest absolute Gasteiger partial charge is 0.320 e. The number of nitrogens with zero attached hydrogens (tertiary/aromatic N) is 2. The predicted molar refractivity (Wildman–Crippen MR) is 72.0 cm³/mol. The molecule has 1 N–H and O–H groups in total. The first kappa shape index (κ1) is 14.0. The fourth-order valence-corrected chi connectivity index (χ4v) is 2.24. The Morgan fingerprint density at radius 2 is 1.95 bits per heavy atom. The summed E-state index contributed by atoms with van der Waals surface area (Å²) in [6.07, 6.45) is -0.164. The van der Waals surface area contributed by atoms with Crippen molar-refractivity contribution in [3.63, 3.8) is 0 Å². The van der Waals surface area contributed by atoms with Crippen LogP contribution in [0.25, 0.3) is 0 Å². The van der Waals surface area contributed by atoms with Crippen molar-refractivity contribution in [2.45, 2.75) is 19.1 Å². The van der Waals surface area contributed by atoms with Gasteiger partial charge in [0.1, 0.15) is 12.0 Å². The minimum Gasteiger partial charge on any atom is -0.320 e. The second-order valence-corrected chi connectivity index (χ2v) is 5.18. The number of hydrogen-bond donors (Lipinski definition) is 1. The molecule has 0 aromatic heterocycles. The van der Waals surface area contributed by atoms with Crippen molar-refractivity contribution in [3.05, 3.63) is 35.6 Å². The maximum absolute atomic E-state index is 13.0.